The van der Waals surface area contributed by atoms with E-state index in [0.717, 1.165) is 12.8 Å². The zero-order valence-corrected chi connectivity index (χ0v) is 8.19. The Balaban J connectivity index is 2.18. The Kier molecular flexibility index (Phi) is 4.16. The van der Waals surface area contributed by atoms with Crippen molar-refractivity contribution in [1.82, 2.24) is 0 Å². The lowest BCUT2D eigenvalue weighted by atomic mass is 10.2. The quantitative estimate of drug-likeness (QED) is 0.291. The van der Waals surface area contributed by atoms with Crippen LogP contribution in [0.15, 0.2) is 12.2 Å². The van der Waals surface area contributed by atoms with Crippen molar-refractivity contribution in [3.05, 3.63) is 12.2 Å². The van der Waals surface area contributed by atoms with Gasteiger partial charge in [-0.2, -0.15) is 0 Å². The van der Waals surface area contributed by atoms with Crippen LogP contribution in [0.5, 0.6) is 0 Å². The average Bonchev–Trinajstić information content (AvgIpc) is 2.46. The summed E-state index contributed by atoms with van der Waals surface area (Å²) in [5.74, 6) is -1.82. The minimum Gasteiger partial charge on any atom is -0.413 e. The van der Waals surface area contributed by atoms with Gasteiger partial charge in [0.25, 0.3) is 6.29 Å². The van der Waals surface area contributed by atoms with Gasteiger partial charge in [-0.15, -0.1) is 0 Å². The van der Waals surface area contributed by atoms with Gasteiger partial charge in [0.1, 0.15) is 0 Å². The molecule has 4 heteroatoms. The van der Waals surface area contributed by atoms with Gasteiger partial charge in [0.05, 0.1) is 0 Å². The van der Waals surface area contributed by atoms with Crippen molar-refractivity contribution in [3.63, 3.8) is 0 Å². The summed E-state index contributed by atoms with van der Waals surface area (Å²) in [7, 11) is 0. The van der Waals surface area contributed by atoms with Gasteiger partial charge in [0.15, 0.2) is 0 Å². The molecule has 0 radical (unpaired) electrons. The summed E-state index contributed by atoms with van der Waals surface area (Å²) < 4.78 is 9.17. The second-order valence-corrected chi connectivity index (χ2v) is 3.10. The zero-order valence-electron chi connectivity index (χ0n) is 8.19. The van der Waals surface area contributed by atoms with E-state index >= 15 is 0 Å². The molecule has 0 amide bonds. The minimum absolute atomic E-state index is 0.809. The number of esters is 2. The van der Waals surface area contributed by atoms with Gasteiger partial charge < -0.3 is 9.47 Å². The van der Waals surface area contributed by atoms with Crippen LogP contribution in [0.1, 0.15) is 32.6 Å². The van der Waals surface area contributed by atoms with Crippen LogP contribution in [-0.2, 0) is 19.1 Å². The molecule has 0 bridgehead atoms. The maximum absolute atomic E-state index is 10.6. The fourth-order valence-electron chi connectivity index (χ4n) is 1.13. The van der Waals surface area contributed by atoms with E-state index in [1.54, 1.807) is 6.08 Å². The third kappa shape index (κ3) is 3.20. The molecule has 0 N–H and O–H groups in total. The fourth-order valence-corrected chi connectivity index (χ4v) is 1.13. The highest BCUT2D eigenvalue weighted by atomic mass is 16.8. The molecular weight excluding hydrogens is 184 g/mol. The summed E-state index contributed by atoms with van der Waals surface area (Å²) >= 11 is 0. The number of carbonyl (C=O) groups is 2. The van der Waals surface area contributed by atoms with Gasteiger partial charge in [-0.05, 0) is 18.9 Å². The maximum Gasteiger partial charge on any atom is 0.420 e. The van der Waals surface area contributed by atoms with E-state index in [1.165, 1.54) is 12.8 Å². The van der Waals surface area contributed by atoms with Crippen molar-refractivity contribution >= 4 is 11.9 Å². The van der Waals surface area contributed by atoms with E-state index in [0.29, 0.717) is 0 Å². The highest BCUT2D eigenvalue weighted by Crippen LogP contribution is 2.09. The van der Waals surface area contributed by atoms with Crippen LogP contribution in [0.25, 0.3) is 0 Å². The lowest BCUT2D eigenvalue weighted by Gasteiger charge is -1.99. The van der Waals surface area contributed by atoms with Crippen LogP contribution in [0, 0.1) is 0 Å². The molecule has 1 aliphatic rings. The van der Waals surface area contributed by atoms with E-state index in [9.17, 15) is 9.59 Å². The SMILES string of the molecule is CCCCC/C=C/C1OC(=O)C(=O)O1. The van der Waals surface area contributed by atoms with Gasteiger partial charge in [-0.3, -0.25) is 0 Å². The molecule has 1 fully saturated rings. The van der Waals surface area contributed by atoms with Crippen LogP contribution in [-0.4, -0.2) is 18.2 Å². The number of rotatable bonds is 5. The zero-order chi connectivity index (χ0) is 10.4. The number of cyclic esters (lactones) is 2. The summed E-state index contributed by atoms with van der Waals surface area (Å²) in [6.07, 6.45) is 7.01. The van der Waals surface area contributed by atoms with Gasteiger partial charge in [0.2, 0.25) is 0 Å². The molecule has 78 valence electrons. The van der Waals surface area contributed by atoms with E-state index in [1.807, 2.05) is 6.08 Å². The van der Waals surface area contributed by atoms with Gasteiger partial charge >= 0.3 is 11.9 Å². The predicted molar refractivity (Wildman–Crippen MR) is 49.3 cm³/mol. The molecule has 4 nitrogen and oxygen atoms in total. The molecule has 1 saturated heterocycles. The number of hydrogen-bond donors (Lipinski definition) is 0. The molecule has 0 aromatic heterocycles. The van der Waals surface area contributed by atoms with E-state index in [-0.39, 0.29) is 0 Å². The first-order chi connectivity index (χ1) is 6.74. The molecule has 0 aliphatic carbocycles. The Morgan fingerprint density at radius 3 is 2.43 bits per heavy atom. The summed E-state index contributed by atoms with van der Waals surface area (Å²) in [5.41, 5.74) is 0. The monoisotopic (exact) mass is 198 g/mol. The largest absolute Gasteiger partial charge is 0.420 e. The van der Waals surface area contributed by atoms with Crippen molar-refractivity contribution < 1.29 is 19.1 Å². The predicted octanol–water partition coefficient (Wildman–Crippen LogP) is 1.55. The molecule has 0 atom stereocenters. The Bertz CT molecular complexity index is 229. The smallest absolute Gasteiger partial charge is 0.413 e. The van der Waals surface area contributed by atoms with Crippen molar-refractivity contribution in [2.75, 3.05) is 0 Å². The maximum atomic E-state index is 10.6. The van der Waals surface area contributed by atoms with Crippen molar-refractivity contribution in [2.45, 2.75) is 38.9 Å². The Morgan fingerprint density at radius 1 is 1.21 bits per heavy atom. The molecule has 0 spiro atoms. The van der Waals surface area contributed by atoms with Crippen LogP contribution in [0.4, 0.5) is 0 Å². The standard InChI is InChI=1S/C10H14O4/c1-2-3-4-5-6-7-8-13-9(11)10(12)14-8/h6-8H,2-5H2,1H3/b7-6+. The van der Waals surface area contributed by atoms with E-state index in [2.05, 4.69) is 16.4 Å². The molecule has 1 heterocycles. The molecule has 0 aromatic rings. The first kappa shape index (κ1) is 10.8. The van der Waals surface area contributed by atoms with Crippen molar-refractivity contribution in [1.29, 1.82) is 0 Å². The number of unbranched alkanes of at least 4 members (excludes halogenated alkanes) is 3. The second kappa shape index (κ2) is 5.42. The Labute approximate surface area is 82.9 Å². The van der Waals surface area contributed by atoms with Crippen LogP contribution >= 0.6 is 0 Å². The van der Waals surface area contributed by atoms with Crippen LogP contribution in [0.3, 0.4) is 0 Å². The van der Waals surface area contributed by atoms with Crippen molar-refractivity contribution in [2.24, 2.45) is 0 Å². The molecular formula is C10H14O4. The molecule has 0 aromatic carbocycles. The van der Waals surface area contributed by atoms with Gasteiger partial charge in [-0.1, -0.05) is 25.8 Å². The third-order valence-corrected chi connectivity index (χ3v) is 1.88. The summed E-state index contributed by atoms with van der Waals surface area (Å²) in [6, 6.07) is 0. The van der Waals surface area contributed by atoms with Crippen LogP contribution in [0.2, 0.25) is 0 Å². The normalized spacial score (nSPS) is 17.5. The second-order valence-electron chi connectivity index (χ2n) is 3.10. The fraction of sp³-hybridized carbons (Fsp3) is 0.600. The lowest BCUT2D eigenvalue weighted by molar-refractivity contribution is -0.150. The summed E-state index contributed by atoms with van der Waals surface area (Å²) in [5, 5.41) is 0. The number of ether oxygens (including phenoxy) is 2. The highest BCUT2D eigenvalue weighted by Gasteiger charge is 2.32. The molecule has 1 rings (SSSR count). The highest BCUT2D eigenvalue weighted by molar-refractivity contribution is 6.31. The number of hydrogen-bond acceptors (Lipinski definition) is 4. The van der Waals surface area contributed by atoms with E-state index < -0.39 is 18.2 Å². The van der Waals surface area contributed by atoms with Gasteiger partial charge in [-0.25, -0.2) is 9.59 Å². The van der Waals surface area contributed by atoms with Crippen molar-refractivity contribution in [3.8, 4) is 0 Å². The summed E-state index contributed by atoms with van der Waals surface area (Å²) in [6.45, 7) is 2.13. The van der Waals surface area contributed by atoms with Gasteiger partial charge in [0, 0.05) is 0 Å². The Morgan fingerprint density at radius 2 is 1.86 bits per heavy atom. The molecule has 0 saturated carbocycles. The third-order valence-electron chi connectivity index (χ3n) is 1.88. The molecule has 14 heavy (non-hydrogen) atoms. The van der Waals surface area contributed by atoms with Crippen LogP contribution < -0.4 is 0 Å². The lowest BCUT2D eigenvalue weighted by Crippen LogP contribution is -2.05. The topological polar surface area (TPSA) is 52.6 Å². The molecule has 1 aliphatic heterocycles. The first-order valence-electron chi connectivity index (χ1n) is 4.82. The minimum atomic E-state index is -0.909. The number of carbonyl (C=O) groups excluding carboxylic acids is 2. The summed E-state index contributed by atoms with van der Waals surface area (Å²) in [4.78, 5) is 21.2. The van der Waals surface area contributed by atoms with E-state index in [4.69, 9.17) is 0 Å². The average molecular weight is 198 g/mol. The first-order valence-corrected chi connectivity index (χ1v) is 4.82. The molecule has 0 unspecified atom stereocenters. The number of allylic oxidation sites excluding steroid dienone is 1. The Hall–Kier alpha value is -1.32.